The molecule has 2 fully saturated rings. The van der Waals surface area contributed by atoms with Gasteiger partial charge in [-0.15, -0.1) is 10.2 Å². The van der Waals surface area contributed by atoms with Crippen molar-refractivity contribution in [2.24, 2.45) is 5.92 Å². The highest BCUT2D eigenvalue weighted by Gasteiger charge is 2.32. The Morgan fingerprint density at radius 3 is 2.67 bits per heavy atom. The van der Waals surface area contributed by atoms with Crippen molar-refractivity contribution in [1.29, 1.82) is 0 Å². The van der Waals surface area contributed by atoms with E-state index in [4.69, 9.17) is 4.74 Å². The third-order valence-electron chi connectivity index (χ3n) is 4.04. The van der Waals surface area contributed by atoms with Gasteiger partial charge in [0.15, 0.2) is 0 Å². The lowest BCUT2D eigenvalue weighted by Crippen LogP contribution is -2.45. The van der Waals surface area contributed by atoms with Crippen LogP contribution in [0.25, 0.3) is 0 Å². The summed E-state index contributed by atoms with van der Waals surface area (Å²) in [7, 11) is 0. The zero-order valence-electron chi connectivity index (χ0n) is 14.4. The van der Waals surface area contributed by atoms with Crippen LogP contribution in [0.4, 0.5) is 9.93 Å². The van der Waals surface area contributed by atoms with Crippen LogP contribution in [-0.4, -0.2) is 45.8 Å². The molecule has 1 atom stereocenters. The molecule has 0 spiro atoms. The van der Waals surface area contributed by atoms with Gasteiger partial charge in [-0.2, -0.15) is 0 Å². The standard InChI is InChI=1S/C16H24N4O3S/c1-16(2,3)23-15(22)20-8-4-5-11(9-20)12(21)17-14-19-18-13(24-14)10-6-7-10/h10-11H,4-9H2,1-3H3,(H,17,19,21)/t11-/m1/s1. The first-order chi connectivity index (χ1) is 11.3. The molecule has 2 heterocycles. The fraction of sp³-hybridized carbons (Fsp3) is 0.750. The van der Waals surface area contributed by atoms with Crippen molar-refractivity contribution in [3.63, 3.8) is 0 Å². The van der Waals surface area contributed by atoms with E-state index in [0.717, 1.165) is 30.7 Å². The highest BCUT2D eigenvalue weighted by atomic mass is 32.1. The lowest BCUT2D eigenvalue weighted by Gasteiger charge is -2.33. The molecule has 0 aromatic carbocycles. The quantitative estimate of drug-likeness (QED) is 0.904. The molecular weight excluding hydrogens is 328 g/mol. The van der Waals surface area contributed by atoms with Gasteiger partial charge in [-0.05, 0) is 46.5 Å². The minimum atomic E-state index is -0.530. The van der Waals surface area contributed by atoms with E-state index in [2.05, 4.69) is 15.5 Å². The average Bonchev–Trinajstić information content (AvgIpc) is 3.26. The second-order valence-corrected chi connectivity index (χ2v) is 8.48. The fourth-order valence-electron chi connectivity index (χ4n) is 2.67. The van der Waals surface area contributed by atoms with Crippen LogP contribution >= 0.6 is 11.3 Å². The van der Waals surface area contributed by atoms with E-state index in [9.17, 15) is 9.59 Å². The molecular formula is C16H24N4O3S. The van der Waals surface area contributed by atoms with Crippen molar-refractivity contribution < 1.29 is 14.3 Å². The number of nitrogens with zero attached hydrogens (tertiary/aromatic N) is 3. The van der Waals surface area contributed by atoms with Crippen molar-refractivity contribution in [3.05, 3.63) is 5.01 Å². The highest BCUT2D eigenvalue weighted by molar-refractivity contribution is 7.15. The predicted octanol–water partition coefficient (Wildman–Crippen LogP) is 3.00. The van der Waals surface area contributed by atoms with E-state index < -0.39 is 5.60 Å². The van der Waals surface area contributed by atoms with Gasteiger partial charge in [0.2, 0.25) is 11.0 Å². The van der Waals surface area contributed by atoms with Crippen molar-refractivity contribution in [1.82, 2.24) is 15.1 Å². The largest absolute Gasteiger partial charge is 0.444 e. The maximum absolute atomic E-state index is 12.5. The predicted molar refractivity (Wildman–Crippen MR) is 91.0 cm³/mol. The van der Waals surface area contributed by atoms with Gasteiger partial charge in [-0.3, -0.25) is 4.79 Å². The maximum atomic E-state index is 12.5. The smallest absolute Gasteiger partial charge is 0.410 e. The minimum Gasteiger partial charge on any atom is -0.444 e. The average molecular weight is 352 g/mol. The molecule has 1 saturated carbocycles. The zero-order chi connectivity index (χ0) is 17.3. The van der Waals surface area contributed by atoms with E-state index in [-0.39, 0.29) is 17.9 Å². The Kier molecular flexibility index (Phi) is 4.76. The first-order valence-corrected chi connectivity index (χ1v) is 9.25. The van der Waals surface area contributed by atoms with Crippen molar-refractivity contribution in [2.75, 3.05) is 18.4 Å². The molecule has 1 aliphatic heterocycles. The van der Waals surface area contributed by atoms with Crippen LogP contribution in [0.1, 0.15) is 57.4 Å². The number of anilines is 1. The summed E-state index contributed by atoms with van der Waals surface area (Å²) in [6.45, 7) is 6.53. The Hall–Kier alpha value is -1.70. The fourth-order valence-corrected chi connectivity index (χ4v) is 3.59. The summed E-state index contributed by atoms with van der Waals surface area (Å²) in [4.78, 5) is 26.3. The molecule has 1 aromatic rings. The van der Waals surface area contributed by atoms with Crippen LogP contribution in [0, 0.1) is 5.92 Å². The Balaban J connectivity index is 1.55. The molecule has 1 aliphatic carbocycles. The number of likely N-dealkylation sites (tertiary alicyclic amines) is 1. The normalized spacial score (nSPS) is 21.5. The highest BCUT2D eigenvalue weighted by Crippen LogP contribution is 2.42. The SMILES string of the molecule is CC(C)(C)OC(=O)N1CCC[C@@H](C(=O)Nc2nnc(C3CC3)s2)C1. The number of carbonyl (C=O) groups is 2. The molecule has 3 rings (SSSR count). The molecule has 2 amide bonds. The summed E-state index contributed by atoms with van der Waals surface area (Å²) in [5.74, 6) is 0.201. The van der Waals surface area contributed by atoms with E-state index in [1.54, 1.807) is 4.90 Å². The summed E-state index contributed by atoms with van der Waals surface area (Å²) in [6, 6.07) is 0. The third kappa shape index (κ3) is 4.43. The van der Waals surface area contributed by atoms with E-state index >= 15 is 0 Å². The van der Waals surface area contributed by atoms with Crippen LogP contribution in [0.3, 0.4) is 0 Å². The second kappa shape index (κ2) is 6.66. The molecule has 132 valence electrons. The van der Waals surface area contributed by atoms with Gasteiger partial charge < -0.3 is 15.0 Å². The maximum Gasteiger partial charge on any atom is 0.410 e. The number of carbonyl (C=O) groups excluding carboxylic acids is 2. The number of aromatic nitrogens is 2. The van der Waals surface area contributed by atoms with Crippen LogP contribution in [-0.2, 0) is 9.53 Å². The third-order valence-corrected chi connectivity index (χ3v) is 5.04. The number of ether oxygens (including phenoxy) is 1. The van der Waals surface area contributed by atoms with Gasteiger partial charge in [0.1, 0.15) is 10.6 Å². The number of piperidine rings is 1. The number of hydrogen-bond donors (Lipinski definition) is 1. The van der Waals surface area contributed by atoms with Crippen LogP contribution in [0.5, 0.6) is 0 Å². The lowest BCUT2D eigenvalue weighted by atomic mass is 9.97. The monoisotopic (exact) mass is 352 g/mol. The molecule has 1 N–H and O–H groups in total. The molecule has 2 aliphatic rings. The molecule has 0 unspecified atom stereocenters. The summed E-state index contributed by atoms with van der Waals surface area (Å²) in [5.41, 5.74) is -0.530. The second-order valence-electron chi connectivity index (χ2n) is 7.47. The molecule has 0 bridgehead atoms. The van der Waals surface area contributed by atoms with Crippen molar-refractivity contribution >= 4 is 28.5 Å². The summed E-state index contributed by atoms with van der Waals surface area (Å²) >= 11 is 1.45. The van der Waals surface area contributed by atoms with Gasteiger partial charge in [-0.1, -0.05) is 11.3 Å². The van der Waals surface area contributed by atoms with Crippen LogP contribution in [0.2, 0.25) is 0 Å². The van der Waals surface area contributed by atoms with Crippen LogP contribution < -0.4 is 5.32 Å². The Bertz CT molecular complexity index is 621. The molecule has 1 saturated heterocycles. The molecule has 24 heavy (non-hydrogen) atoms. The van der Waals surface area contributed by atoms with E-state index in [1.807, 2.05) is 20.8 Å². The Morgan fingerprint density at radius 2 is 2.00 bits per heavy atom. The van der Waals surface area contributed by atoms with Gasteiger partial charge in [-0.25, -0.2) is 4.79 Å². The minimum absolute atomic E-state index is 0.0956. The van der Waals surface area contributed by atoms with Crippen molar-refractivity contribution in [2.45, 2.75) is 58.0 Å². The van der Waals surface area contributed by atoms with Gasteiger partial charge in [0.25, 0.3) is 0 Å². The molecule has 1 aromatic heterocycles. The van der Waals surface area contributed by atoms with E-state index in [0.29, 0.717) is 24.1 Å². The molecule has 0 radical (unpaired) electrons. The van der Waals surface area contributed by atoms with E-state index in [1.165, 1.54) is 11.3 Å². The first kappa shape index (κ1) is 17.1. The van der Waals surface area contributed by atoms with Crippen LogP contribution in [0.15, 0.2) is 0 Å². The summed E-state index contributed by atoms with van der Waals surface area (Å²) in [5, 5.41) is 12.6. The Labute approximate surface area is 145 Å². The number of rotatable bonds is 3. The Morgan fingerprint density at radius 1 is 1.25 bits per heavy atom. The number of amides is 2. The van der Waals surface area contributed by atoms with Crippen molar-refractivity contribution in [3.8, 4) is 0 Å². The summed E-state index contributed by atoms with van der Waals surface area (Å²) < 4.78 is 5.40. The molecule has 7 nitrogen and oxygen atoms in total. The molecule has 8 heteroatoms. The van der Waals surface area contributed by atoms with Gasteiger partial charge in [0.05, 0.1) is 5.92 Å². The van der Waals surface area contributed by atoms with Gasteiger partial charge in [0, 0.05) is 19.0 Å². The zero-order valence-corrected chi connectivity index (χ0v) is 15.2. The van der Waals surface area contributed by atoms with Gasteiger partial charge >= 0.3 is 6.09 Å². The first-order valence-electron chi connectivity index (χ1n) is 8.44. The number of nitrogens with one attached hydrogen (secondary N) is 1. The summed E-state index contributed by atoms with van der Waals surface area (Å²) in [6.07, 6.45) is 3.53. The number of hydrogen-bond acceptors (Lipinski definition) is 6. The topological polar surface area (TPSA) is 84.4 Å². The lowest BCUT2D eigenvalue weighted by molar-refractivity contribution is -0.121.